The smallest absolute Gasteiger partial charge is 0.0411 e. The molecule has 3 aliphatic rings. The summed E-state index contributed by atoms with van der Waals surface area (Å²) in [6, 6.07) is 0. The van der Waals surface area contributed by atoms with Crippen LogP contribution in [0.25, 0.3) is 0 Å². The van der Waals surface area contributed by atoms with E-state index in [1.165, 1.54) is 44.9 Å². The SMILES string of the molecule is CCCCCCC1CCC(CC2CCC(CC3CCC(CCCC)CC3)CC2)CC1. The van der Waals surface area contributed by atoms with E-state index < -0.39 is 0 Å². The third-order valence-electron chi connectivity index (χ3n) is 9.66. The predicted molar refractivity (Wildman–Crippen MR) is 134 cm³/mol. The second kappa shape index (κ2) is 14.2. The van der Waals surface area contributed by atoms with E-state index in [1.54, 1.807) is 96.3 Å². The van der Waals surface area contributed by atoms with E-state index in [9.17, 15) is 0 Å². The lowest BCUT2D eigenvalue weighted by atomic mass is 9.70. The molecule has 30 heavy (non-hydrogen) atoms. The van der Waals surface area contributed by atoms with Crippen molar-refractivity contribution in [2.45, 2.75) is 155 Å². The monoisotopic (exact) mass is 416 g/mol. The first-order valence-electron chi connectivity index (χ1n) is 14.8. The van der Waals surface area contributed by atoms with Gasteiger partial charge in [-0.1, -0.05) is 142 Å². The highest BCUT2D eigenvalue weighted by molar-refractivity contribution is 4.81. The molecule has 3 fully saturated rings. The molecule has 0 bridgehead atoms. The maximum absolute atomic E-state index is 2.35. The summed E-state index contributed by atoms with van der Waals surface area (Å²) in [4.78, 5) is 0. The van der Waals surface area contributed by atoms with Crippen LogP contribution in [0.15, 0.2) is 0 Å². The van der Waals surface area contributed by atoms with Gasteiger partial charge in [-0.15, -0.1) is 0 Å². The number of hydrogen-bond acceptors (Lipinski definition) is 0. The van der Waals surface area contributed by atoms with Gasteiger partial charge in [0.25, 0.3) is 0 Å². The average Bonchev–Trinajstić information content (AvgIpc) is 2.79. The molecule has 0 aromatic rings. The molecular weight excluding hydrogens is 360 g/mol. The van der Waals surface area contributed by atoms with Gasteiger partial charge in [0, 0.05) is 0 Å². The summed E-state index contributed by atoms with van der Waals surface area (Å²) in [5.41, 5.74) is 0. The van der Waals surface area contributed by atoms with Crippen molar-refractivity contribution in [2.75, 3.05) is 0 Å². The van der Waals surface area contributed by atoms with Crippen LogP contribution in [-0.2, 0) is 0 Å². The minimum Gasteiger partial charge on any atom is -0.0654 e. The van der Waals surface area contributed by atoms with Crippen LogP contribution in [0.5, 0.6) is 0 Å². The van der Waals surface area contributed by atoms with Crippen LogP contribution in [0.4, 0.5) is 0 Å². The number of rotatable bonds is 12. The van der Waals surface area contributed by atoms with Crippen molar-refractivity contribution in [3.8, 4) is 0 Å². The number of hydrogen-bond donors (Lipinski definition) is 0. The van der Waals surface area contributed by atoms with Crippen molar-refractivity contribution in [2.24, 2.45) is 35.5 Å². The molecule has 0 nitrogen and oxygen atoms in total. The quantitative estimate of drug-likeness (QED) is 0.277. The second-order valence-corrected chi connectivity index (χ2v) is 12.1. The van der Waals surface area contributed by atoms with Crippen LogP contribution >= 0.6 is 0 Å². The van der Waals surface area contributed by atoms with Crippen molar-refractivity contribution in [3.05, 3.63) is 0 Å². The standard InChI is InChI=1S/C30H56/c1-3-5-7-8-10-26-13-17-28(18-14-26)24-30-21-19-29(20-22-30)23-27-15-11-25(12-16-27)9-6-4-2/h25-30H,3-24H2,1-2H3. The second-order valence-electron chi connectivity index (χ2n) is 12.1. The molecule has 0 unspecified atom stereocenters. The summed E-state index contributed by atoms with van der Waals surface area (Å²) < 4.78 is 0. The Kier molecular flexibility index (Phi) is 11.7. The summed E-state index contributed by atoms with van der Waals surface area (Å²) in [6.07, 6.45) is 33.8. The molecule has 3 rings (SSSR count). The summed E-state index contributed by atoms with van der Waals surface area (Å²) in [5, 5.41) is 0. The van der Waals surface area contributed by atoms with Gasteiger partial charge >= 0.3 is 0 Å². The topological polar surface area (TPSA) is 0 Å². The zero-order chi connectivity index (χ0) is 21.0. The predicted octanol–water partition coefficient (Wildman–Crippen LogP) is 10.3. The molecule has 0 heteroatoms. The zero-order valence-corrected chi connectivity index (χ0v) is 21.0. The molecule has 0 atom stereocenters. The Morgan fingerprint density at radius 3 is 1.07 bits per heavy atom. The van der Waals surface area contributed by atoms with Crippen LogP contribution in [0.1, 0.15) is 155 Å². The molecule has 3 saturated carbocycles. The fraction of sp³-hybridized carbons (Fsp3) is 1.00. The minimum absolute atomic E-state index is 1.09. The molecule has 176 valence electrons. The van der Waals surface area contributed by atoms with Crippen molar-refractivity contribution in [3.63, 3.8) is 0 Å². The number of unbranched alkanes of at least 4 members (excludes halogenated alkanes) is 4. The fourth-order valence-corrected chi connectivity index (χ4v) is 7.51. The normalized spacial score (nSPS) is 35.4. The Hall–Kier alpha value is 0. The van der Waals surface area contributed by atoms with Crippen LogP contribution in [0, 0.1) is 35.5 Å². The summed E-state index contributed by atoms with van der Waals surface area (Å²) in [7, 11) is 0. The summed E-state index contributed by atoms with van der Waals surface area (Å²) >= 11 is 0. The largest absolute Gasteiger partial charge is 0.0654 e. The Labute approximate surface area is 190 Å². The van der Waals surface area contributed by atoms with E-state index in [0.717, 1.165) is 35.5 Å². The molecule has 0 aromatic carbocycles. The molecular formula is C30H56. The highest BCUT2D eigenvalue weighted by Gasteiger charge is 2.29. The third kappa shape index (κ3) is 8.86. The van der Waals surface area contributed by atoms with Gasteiger partial charge in [0.05, 0.1) is 0 Å². The molecule has 0 spiro atoms. The van der Waals surface area contributed by atoms with Gasteiger partial charge < -0.3 is 0 Å². The summed E-state index contributed by atoms with van der Waals surface area (Å²) in [6.45, 7) is 4.68. The first kappa shape index (κ1) is 24.6. The van der Waals surface area contributed by atoms with Crippen LogP contribution in [0.2, 0.25) is 0 Å². The molecule has 0 heterocycles. The minimum atomic E-state index is 1.09. The van der Waals surface area contributed by atoms with E-state index in [4.69, 9.17) is 0 Å². The van der Waals surface area contributed by atoms with E-state index in [2.05, 4.69) is 13.8 Å². The molecule has 3 aliphatic carbocycles. The molecule has 0 saturated heterocycles. The lowest BCUT2D eigenvalue weighted by Gasteiger charge is -2.36. The third-order valence-corrected chi connectivity index (χ3v) is 9.66. The average molecular weight is 417 g/mol. The van der Waals surface area contributed by atoms with Crippen LogP contribution in [-0.4, -0.2) is 0 Å². The lowest BCUT2D eigenvalue weighted by Crippen LogP contribution is -2.23. The van der Waals surface area contributed by atoms with E-state index in [-0.39, 0.29) is 0 Å². The van der Waals surface area contributed by atoms with E-state index in [1.807, 2.05) is 0 Å². The van der Waals surface area contributed by atoms with Gasteiger partial charge in [-0.05, 0) is 48.3 Å². The first-order valence-corrected chi connectivity index (χ1v) is 14.8. The molecule has 0 radical (unpaired) electrons. The molecule has 0 N–H and O–H groups in total. The van der Waals surface area contributed by atoms with Crippen molar-refractivity contribution < 1.29 is 0 Å². The highest BCUT2D eigenvalue weighted by atomic mass is 14.3. The molecule has 0 aromatic heterocycles. The Morgan fingerprint density at radius 2 is 0.700 bits per heavy atom. The zero-order valence-electron chi connectivity index (χ0n) is 21.0. The van der Waals surface area contributed by atoms with Gasteiger partial charge in [0.15, 0.2) is 0 Å². The van der Waals surface area contributed by atoms with Crippen molar-refractivity contribution in [1.29, 1.82) is 0 Å². The highest BCUT2D eigenvalue weighted by Crippen LogP contribution is 2.42. The van der Waals surface area contributed by atoms with E-state index in [0.29, 0.717) is 0 Å². The van der Waals surface area contributed by atoms with Gasteiger partial charge in [0.1, 0.15) is 0 Å². The Balaban J connectivity index is 1.23. The lowest BCUT2D eigenvalue weighted by molar-refractivity contribution is 0.161. The Bertz CT molecular complexity index is 402. The van der Waals surface area contributed by atoms with Crippen molar-refractivity contribution >= 4 is 0 Å². The Morgan fingerprint density at radius 1 is 0.367 bits per heavy atom. The maximum Gasteiger partial charge on any atom is -0.0411 e. The van der Waals surface area contributed by atoms with Crippen molar-refractivity contribution in [1.82, 2.24) is 0 Å². The van der Waals surface area contributed by atoms with Gasteiger partial charge in [-0.2, -0.15) is 0 Å². The van der Waals surface area contributed by atoms with Crippen LogP contribution in [0.3, 0.4) is 0 Å². The van der Waals surface area contributed by atoms with Gasteiger partial charge in [0.2, 0.25) is 0 Å². The van der Waals surface area contributed by atoms with E-state index >= 15 is 0 Å². The molecule has 0 aliphatic heterocycles. The maximum atomic E-state index is 2.35. The molecule has 0 amide bonds. The first-order chi connectivity index (χ1) is 14.8. The fourth-order valence-electron chi connectivity index (χ4n) is 7.51. The summed E-state index contributed by atoms with van der Waals surface area (Å²) in [5.74, 6) is 6.55. The van der Waals surface area contributed by atoms with Gasteiger partial charge in [-0.25, -0.2) is 0 Å². The van der Waals surface area contributed by atoms with Gasteiger partial charge in [-0.3, -0.25) is 0 Å². The van der Waals surface area contributed by atoms with Crippen LogP contribution < -0.4 is 0 Å².